The minimum absolute atomic E-state index is 0.0460. The van der Waals surface area contributed by atoms with E-state index in [9.17, 15) is 14.4 Å². The van der Waals surface area contributed by atoms with E-state index in [1.54, 1.807) is 38.1 Å². The van der Waals surface area contributed by atoms with Crippen LogP contribution in [0.15, 0.2) is 29.1 Å². The number of amides is 2. The molecule has 110 valence electrons. The third kappa shape index (κ3) is 3.44. The van der Waals surface area contributed by atoms with Gasteiger partial charge in [0.1, 0.15) is 0 Å². The van der Waals surface area contributed by atoms with Crippen molar-refractivity contribution >= 4 is 22.6 Å². The van der Waals surface area contributed by atoms with E-state index < -0.39 is 5.91 Å². The van der Waals surface area contributed by atoms with E-state index in [0.29, 0.717) is 16.5 Å². The molecule has 2 amide bonds. The quantitative estimate of drug-likeness (QED) is 0.705. The van der Waals surface area contributed by atoms with Gasteiger partial charge in [0.15, 0.2) is 0 Å². The summed E-state index contributed by atoms with van der Waals surface area (Å²) in [7, 11) is 0. The molecular weight excluding hydrogens is 272 g/mol. The molecule has 1 aromatic heterocycles. The van der Waals surface area contributed by atoms with Gasteiger partial charge in [-0.15, -0.1) is 0 Å². The van der Waals surface area contributed by atoms with Gasteiger partial charge in [0.2, 0.25) is 11.8 Å². The van der Waals surface area contributed by atoms with E-state index in [2.05, 4.69) is 21.0 Å². The highest BCUT2D eigenvalue weighted by Crippen LogP contribution is 2.12. The number of nitrogens with one attached hydrogen (secondary N) is 3. The first-order chi connectivity index (χ1) is 9.99. The number of carbonyl (C=O) groups excluding carboxylic acids is 2. The third-order valence-corrected chi connectivity index (χ3v) is 2.95. The second-order valence-electron chi connectivity index (χ2n) is 4.91. The standard InChI is InChI=1S/C14H16N4O3/c1-8(2)13(20)17-16-12(19)7-11-9-5-3-4-6-10(9)14(21)18-15-11/h3-6,8H,7H2,1-2H3,(H,16,19)(H,17,20)(H,18,21). The Morgan fingerprint density at radius 3 is 2.52 bits per heavy atom. The predicted octanol–water partition coefficient (Wildman–Crippen LogP) is 0.269. The van der Waals surface area contributed by atoms with Crippen LogP contribution in [-0.2, 0) is 16.0 Å². The first-order valence-corrected chi connectivity index (χ1v) is 6.54. The highest BCUT2D eigenvalue weighted by molar-refractivity contribution is 5.89. The Hall–Kier alpha value is -2.70. The number of carbonyl (C=O) groups is 2. The van der Waals surface area contributed by atoms with E-state index in [4.69, 9.17) is 0 Å². The number of benzene rings is 1. The maximum Gasteiger partial charge on any atom is 0.272 e. The molecule has 0 unspecified atom stereocenters. The van der Waals surface area contributed by atoms with Gasteiger partial charge in [0.05, 0.1) is 17.5 Å². The van der Waals surface area contributed by atoms with E-state index in [1.165, 1.54) is 0 Å². The largest absolute Gasteiger partial charge is 0.273 e. The molecule has 0 fully saturated rings. The van der Waals surface area contributed by atoms with Crippen LogP contribution in [0.3, 0.4) is 0 Å². The van der Waals surface area contributed by atoms with E-state index in [-0.39, 0.29) is 23.8 Å². The van der Waals surface area contributed by atoms with Gasteiger partial charge < -0.3 is 0 Å². The molecule has 0 saturated carbocycles. The van der Waals surface area contributed by atoms with Crippen molar-refractivity contribution in [3.63, 3.8) is 0 Å². The van der Waals surface area contributed by atoms with Gasteiger partial charge in [-0.2, -0.15) is 5.10 Å². The summed E-state index contributed by atoms with van der Waals surface area (Å²) in [5.74, 6) is -0.909. The average molecular weight is 288 g/mol. The molecule has 1 aromatic carbocycles. The third-order valence-electron chi connectivity index (χ3n) is 2.95. The highest BCUT2D eigenvalue weighted by atomic mass is 16.2. The molecule has 2 rings (SSSR count). The summed E-state index contributed by atoms with van der Waals surface area (Å²) in [6.45, 7) is 3.44. The van der Waals surface area contributed by atoms with Crippen molar-refractivity contribution in [1.82, 2.24) is 21.0 Å². The van der Waals surface area contributed by atoms with Crippen molar-refractivity contribution in [3.05, 3.63) is 40.3 Å². The number of H-pyrrole nitrogens is 1. The Morgan fingerprint density at radius 2 is 1.86 bits per heavy atom. The van der Waals surface area contributed by atoms with Crippen molar-refractivity contribution < 1.29 is 9.59 Å². The normalized spacial score (nSPS) is 10.6. The van der Waals surface area contributed by atoms with Crippen LogP contribution >= 0.6 is 0 Å². The van der Waals surface area contributed by atoms with Gasteiger partial charge >= 0.3 is 0 Å². The lowest BCUT2D eigenvalue weighted by Crippen LogP contribution is -2.44. The van der Waals surface area contributed by atoms with Gasteiger partial charge in [-0.3, -0.25) is 25.2 Å². The molecule has 0 aliphatic heterocycles. The van der Waals surface area contributed by atoms with E-state index >= 15 is 0 Å². The number of hydrogen-bond acceptors (Lipinski definition) is 4. The molecule has 3 N–H and O–H groups in total. The van der Waals surface area contributed by atoms with E-state index in [0.717, 1.165) is 0 Å². The summed E-state index contributed by atoms with van der Waals surface area (Å²) in [6, 6.07) is 6.90. The number of hydrogen-bond donors (Lipinski definition) is 3. The number of fused-ring (bicyclic) bond motifs is 1. The van der Waals surface area contributed by atoms with Gasteiger partial charge in [0.25, 0.3) is 5.56 Å². The topological polar surface area (TPSA) is 104 Å². The smallest absolute Gasteiger partial charge is 0.272 e. The Balaban J connectivity index is 2.13. The zero-order valence-electron chi connectivity index (χ0n) is 11.8. The monoisotopic (exact) mass is 288 g/mol. The highest BCUT2D eigenvalue weighted by Gasteiger charge is 2.12. The number of hydrazine groups is 1. The zero-order chi connectivity index (χ0) is 15.4. The van der Waals surface area contributed by atoms with Crippen molar-refractivity contribution in [2.24, 2.45) is 5.92 Å². The summed E-state index contributed by atoms with van der Waals surface area (Å²) < 4.78 is 0. The fourth-order valence-corrected chi connectivity index (χ4v) is 1.78. The van der Waals surface area contributed by atoms with Crippen LogP contribution in [0.5, 0.6) is 0 Å². The van der Waals surface area contributed by atoms with Crippen molar-refractivity contribution in [2.45, 2.75) is 20.3 Å². The molecule has 0 spiro atoms. The summed E-state index contributed by atoms with van der Waals surface area (Å²) in [4.78, 5) is 34.8. The maximum absolute atomic E-state index is 11.8. The van der Waals surface area contributed by atoms with Crippen LogP contribution in [-0.4, -0.2) is 22.0 Å². The minimum atomic E-state index is -0.409. The summed E-state index contributed by atoms with van der Waals surface area (Å²) in [5, 5.41) is 7.35. The van der Waals surface area contributed by atoms with Crippen molar-refractivity contribution in [1.29, 1.82) is 0 Å². The summed E-state index contributed by atoms with van der Waals surface area (Å²) in [5.41, 5.74) is 4.79. The lowest BCUT2D eigenvalue weighted by atomic mass is 10.1. The first-order valence-electron chi connectivity index (χ1n) is 6.54. The zero-order valence-corrected chi connectivity index (χ0v) is 11.8. The van der Waals surface area contributed by atoms with Crippen LogP contribution < -0.4 is 16.4 Å². The van der Waals surface area contributed by atoms with Crippen LogP contribution in [0, 0.1) is 5.92 Å². The second kappa shape index (κ2) is 6.17. The molecule has 2 aromatic rings. The van der Waals surface area contributed by atoms with E-state index in [1.807, 2.05) is 0 Å². The molecule has 21 heavy (non-hydrogen) atoms. The molecule has 0 bridgehead atoms. The van der Waals surface area contributed by atoms with Gasteiger partial charge in [0, 0.05) is 11.3 Å². The lowest BCUT2D eigenvalue weighted by Gasteiger charge is -2.09. The van der Waals surface area contributed by atoms with Crippen LogP contribution in [0.4, 0.5) is 0 Å². The molecule has 7 nitrogen and oxygen atoms in total. The van der Waals surface area contributed by atoms with Gasteiger partial charge in [-0.25, -0.2) is 5.10 Å². The van der Waals surface area contributed by atoms with Crippen LogP contribution in [0.2, 0.25) is 0 Å². The van der Waals surface area contributed by atoms with Gasteiger partial charge in [-0.05, 0) is 6.07 Å². The van der Waals surface area contributed by atoms with Crippen LogP contribution in [0.25, 0.3) is 10.8 Å². The SMILES string of the molecule is CC(C)C(=O)NNC(=O)Cc1n[nH]c(=O)c2ccccc12. The van der Waals surface area contributed by atoms with Crippen molar-refractivity contribution in [2.75, 3.05) is 0 Å². The van der Waals surface area contributed by atoms with Gasteiger partial charge in [-0.1, -0.05) is 32.0 Å². The number of aromatic nitrogens is 2. The summed E-state index contributed by atoms with van der Waals surface area (Å²) in [6.07, 6.45) is -0.0460. The lowest BCUT2D eigenvalue weighted by molar-refractivity contribution is -0.130. The molecule has 7 heteroatoms. The fraction of sp³-hybridized carbons (Fsp3) is 0.286. The maximum atomic E-state index is 11.8. The minimum Gasteiger partial charge on any atom is -0.273 e. The molecule has 0 atom stereocenters. The molecule has 0 radical (unpaired) electrons. The number of nitrogens with zero attached hydrogens (tertiary/aromatic N) is 1. The Labute approximate surface area is 120 Å². The average Bonchev–Trinajstić information content (AvgIpc) is 2.48. The number of rotatable bonds is 3. The Bertz CT molecular complexity index is 736. The summed E-state index contributed by atoms with van der Waals surface area (Å²) >= 11 is 0. The Morgan fingerprint density at radius 1 is 1.19 bits per heavy atom. The van der Waals surface area contributed by atoms with Crippen LogP contribution in [0.1, 0.15) is 19.5 Å². The fourth-order valence-electron chi connectivity index (χ4n) is 1.78. The molecule has 0 saturated heterocycles. The molecule has 1 heterocycles. The molecular formula is C14H16N4O3. The Kier molecular flexibility index (Phi) is 4.32. The molecule has 0 aliphatic rings. The predicted molar refractivity (Wildman–Crippen MR) is 77.2 cm³/mol. The van der Waals surface area contributed by atoms with Crippen molar-refractivity contribution in [3.8, 4) is 0 Å². The number of aromatic amines is 1. The molecule has 0 aliphatic carbocycles. The first kappa shape index (κ1) is 14.7. The second-order valence-corrected chi connectivity index (χ2v) is 4.91.